The maximum Gasteiger partial charge on any atom is 0.259 e. The first kappa shape index (κ1) is 15.6. The molecule has 1 fully saturated rings. The van der Waals surface area contributed by atoms with Crippen LogP contribution < -0.4 is 4.90 Å². The van der Waals surface area contributed by atoms with Crippen LogP contribution >= 0.6 is 0 Å². The monoisotopic (exact) mass is 337 g/mol. The van der Waals surface area contributed by atoms with Gasteiger partial charge >= 0.3 is 0 Å². The molecule has 1 aliphatic rings. The van der Waals surface area contributed by atoms with Gasteiger partial charge in [0.05, 0.1) is 11.2 Å². The van der Waals surface area contributed by atoms with Crippen LogP contribution in [0.1, 0.15) is 21.8 Å². The summed E-state index contributed by atoms with van der Waals surface area (Å²) < 4.78 is 5.12. The van der Waals surface area contributed by atoms with Crippen LogP contribution in [0.15, 0.2) is 35.1 Å². The molecule has 0 bridgehead atoms. The number of aromatic nitrogens is 3. The molecule has 3 heterocycles. The number of para-hydroxylation sites is 1. The summed E-state index contributed by atoms with van der Waals surface area (Å²) in [6, 6.07) is 7.98. The molecule has 1 aromatic carbocycles. The summed E-state index contributed by atoms with van der Waals surface area (Å²) in [5, 5.41) is 4.92. The van der Waals surface area contributed by atoms with Gasteiger partial charge in [-0.05, 0) is 26.0 Å². The van der Waals surface area contributed by atoms with Crippen LogP contribution in [0.5, 0.6) is 0 Å². The van der Waals surface area contributed by atoms with Gasteiger partial charge in [-0.1, -0.05) is 17.3 Å². The van der Waals surface area contributed by atoms with Crippen LogP contribution in [-0.4, -0.2) is 52.1 Å². The zero-order valence-electron chi connectivity index (χ0n) is 14.3. The standard InChI is InChI=1S/C18H19N5O2/c1-12-16(13(2)25-21-12)18(24)23-9-7-22(8-10-23)17-14-5-3-4-6-15(14)19-11-20-17/h3-6,11H,7-10H2,1-2H3. The molecule has 0 aliphatic carbocycles. The Hall–Kier alpha value is -2.96. The van der Waals surface area contributed by atoms with Gasteiger partial charge in [0.25, 0.3) is 5.91 Å². The summed E-state index contributed by atoms with van der Waals surface area (Å²) >= 11 is 0. The Morgan fingerprint density at radius 3 is 2.56 bits per heavy atom. The van der Waals surface area contributed by atoms with Crippen molar-refractivity contribution in [2.24, 2.45) is 0 Å². The molecule has 4 rings (SSSR count). The number of hydrogen-bond acceptors (Lipinski definition) is 6. The zero-order chi connectivity index (χ0) is 17.4. The average molecular weight is 337 g/mol. The van der Waals surface area contributed by atoms with E-state index >= 15 is 0 Å². The minimum Gasteiger partial charge on any atom is -0.361 e. The molecule has 1 saturated heterocycles. The third-order valence-corrected chi connectivity index (χ3v) is 4.64. The summed E-state index contributed by atoms with van der Waals surface area (Å²) in [6.45, 7) is 6.32. The summed E-state index contributed by atoms with van der Waals surface area (Å²) in [6.07, 6.45) is 1.60. The lowest BCUT2D eigenvalue weighted by Gasteiger charge is -2.35. The van der Waals surface area contributed by atoms with E-state index in [1.54, 1.807) is 20.2 Å². The normalized spacial score (nSPS) is 15.0. The fraction of sp³-hybridized carbons (Fsp3) is 0.333. The Labute approximate surface area is 145 Å². The first-order valence-corrected chi connectivity index (χ1v) is 8.32. The fourth-order valence-corrected chi connectivity index (χ4v) is 3.31. The summed E-state index contributed by atoms with van der Waals surface area (Å²) in [5.41, 5.74) is 2.16. The number of benzene rings is 1. The van der Waals surface area contributed by atoms with Crippen LogP contribution in [0.2, 0.25) is 0 Å². The van der Waals surface area contributed by atoms with Crippen molar-refractivity contribution in [1.29, 1.82) is 0 Å². The molecule has 0 radical (unpaired) electrons. The molecule has 1 aliphatic heterocycles. The number of carbonyl (C=O) groups excluding carboxylic acids is 1. The number of hydrogen-bond donors (Lipinski definition) is 0. The van der Waals surface area contributed by atoms with Crippen molar-refractivity contribution in [2.75, 3.05) is 31.1 Å². The van der Waals surface area contributed by atoms with E-state index < -0.39 is 0 Å². The minimum absolute atomic E-state index is 0.0107. The van der Waals surface area contributed by atoms with Gasteiger partial charge in [0.15, 0.2) is 0 Å². The predicted molar refractivity (Wildman–Crippen MR) is 93.6 cm³/mol. The highest BCUT2D eigenvalue weighted by molar-refractivity contribution is 5.96. The van der Waals surface area contributed by atoms with Crippen LogP contribution in [0.4, 0.5) is 5.82 Å². The Morgan fingerprint density at radius 2 is 1.84 bits per heavy atom. The first-order chi connectivity index (χ1) is 12.1. The minimum atomic E-state index is -0.0107. The molecule has 0 spiro atoms. The van der Waals surface area contributed by atoms with E-state index in [4.69, 9.17) is 4.52 Å². The van der Waals surface area contributed by atoms with E-state index in [1.807, 2.05) is 29.2 Å². The van der Waals surface area contributed by atoms with Gasteiger partial charge in [-0.15, -0.1) is 0 Å². The van der Waals surface area contributed by atoms with Gasteiger partial charge < -0.3 is 14.3 Å². The number of nitrogens with zero attached hydrogens (tertiary/aromatic N) is 5. The molecule has 7 heteroatoms. The van der Waals surface area contributed by atoms with Crippen molar-refractivity contribution >= 4 is 22.6 Å². The van der Waals surface area contributed by atoms with E-state index in [9.17, 15) is 4.79 Å². The van der Waals surface area contributed by atoms with E-state index in [-0.39, 0.29) is 5.91 Å². The van der Waals surface area contributed by atoms with E-state index in [2.05, 4.69) is 20.0 Å². The topological polar surface area (TPSA) is 75.4 Å². The van der Waals surface area contributed by atoms with Gasteiger partial charge in [0.2, 0.25) is 0 Å². The van der Waals surface area contributed by atoms with Gasteiger partial charge in [-0.3, -0.25) is 4.79 Å². The molecule has 7 nitrogen and oxygen atoms in total. The second-order valence-electron chi connectivity index (χ2n) is 6.19. The van der Waals surface area contributed by atoms with Crippen molar-refractivity contribution in [3.63, 3.8) is 0 Å². The number of fused-ring (bicyclic) bond motifs is 1. The molecule has 0 N–H and O–H groups in total. The van der Waals surface area contributed by atoms with Crippen molar-refractivity contribution in [1.82, 2.24) is 20.0 Å². The van der Waals surface area contributed by atoms with Gasteiger partial charge in [0, 0.05) is 31.6 Å². The van der Waals surface area contributed by atoms with E-state index in [1.165, 1.54) is 0 Å². The third-order valence-electron chi connectivity index (χ3n) is 4.64. The average Bonchev–Trinajstić information content (AvgIpc) is 2.99. The number of rotatable bonds is 2. The quantitative estimate of drug-likeness (QED) is 0.713. The number of piperazine rings is 1. The Balaban J connectivity index is 1.53. The lowest BCUT2D eigenvalue weighted by atomic mass is 10.1. The van der Waals surface area contributed by atoms with Crippen molar-refractivity contribution in [2.45, 2.75) is 13.8 Å². The second-order valence-corrected chi connectivity index (χ2v) is 6.19. The van der Waals surface area contributed by atoms with Crippen LogP contribution in [0.3, 0.4) is 0 Å². The van der Waals surface area contributed by atoms with Crippen LogP contribution in [0, 0.1) is 13.8 Å². The highest BCUT2D eigenvalue weighted by Gasteiger charge is 2.27. The summed E-state index contributed by atoms with van der Waals surface area (Å²) in [5.74, 6) is 1.49. The maximum absolute atomic E-state index is 12.7. The zero-order valence-corrected chi connectivity index (χ0v) is 14.3. The fourth-order valence-electron chi connectivity index (χ4n) is 3.31. The molecular weight excluding hydrogens is 318 g/mol. The smallest absolute Gasteiger partial charge is 0.259 e. The van der Waals surface area contributed by atoms with Gasteiger partial charge in [0.1, 0.15) is 23.5 Å². The molecule has 2 aromatic heterocycles. The van der Waals surface area contributed by atoms with Crippen molar-refractivity contribution in [3.8, 4) is 0 Å². The highest BCUT2D eigenvalue weighted by atomic mass is 16.5. The molecule has 3 aromatic rings. The molecule has 0 unspecified atom stereocenters. The Kier molecular flexibility index (Phi) is 3.83. The number of amides is 1. The first-order valence-electron chi connectivity index (χ1n) is 8.32. The van der Waals surface area contributed by atoms with Crippen LogP contribution in [-0.2, 0) is 0 Å². The van der Waals surface area contributed by atoms with Gasteiger partial charge in [-0.25, -0.2) is 9.97 Å². The lowest BCUT2D eigenvalue weighted by molar-refractivity contribution is 0.0744. The predicted octanol–water partition coefficient (Wildman–Crippen LogP) is 2.20. The second kappa shape index (κ2) is 6.16. The number of carbonyl (C=O) groups is 1. The molecule has 0 atom stereocenters. The summed E-state index contributed by atoms with van der Waals surface area (Å²) in [4.78, 5) is 25.6. The molecule has 1 amide bonds. The van der Waals surface area contributed by atoms with Crippen molar-refractivity contribution in [3.05, 3.63) is 47.6 Å². The van der Waals surface area contributed by atoms with Crippen molar-refractivity contribution < 1.29 is 9.32 Å². The third kappa shape index (κ3) is 2.71. The summed E-state index contributed by atoms with van der Waals surface area (Å²) in [7, 11) is 0. The Bertz CT molecular complexity index is 903. The Morgan fingerprint density at radius 1 is 1.08 bits per heavy atom. The molecular formula is C18H19N5O2. The molecule has 0 saturated carbocycles. The molecule has 25 heavy (non-hydrogen) atoms. The number of anilines is 1. The molecule has 128 valence electrons. The lowest BCUT2D eigenvalue weighted by Crippen LogP contribution is -2.49. The van der Waals surface area contributed by atoms with E-state index in [0.717, 1.165) is 29.8 Å². The van der Waals surface area contributed by atoms with E-state index in [0.29, 0.717) is 30.1 Å². The highest BCUT2D eigenvalue weighted by Crippen LogP contribution is 2.24. The van der Waals surface area contributed by atoms with Crippen LogP contribution in [0.25, 0.3) is 10.9 Å². The SMILES string of the molecule is Cc1noc(C)c1C(=O)N1CCN(c2ncnc3ccccc23)CC1. The largest absolute Gasteiger partial charge is 0.361 e. The maximum atomic E-state index is 12.7. The van der Waals surface area contributed by atoms with Gasteiger partial charge in [-0.2, -0.15) is 0 Å². The number of aryl methyl sites for hydroxylation is 2.